The van der Waals surface area contributed by atoms with Gasteiger partial charge in [0.15, 0.2) is 0 Å². The van der Waals surface area contributed by atoms with Gasteiger partial charge < -0.3 is 15.0 Å². The first kappa shape index (κ1) is 8.53. The zero-order chi connectivity index (χ0) is 9.59. The van der Waals surface area contributed by atoms with Gasteiger partial charge in [-0.15, -0.1) is 0 Å². The Bertz CT molecular complexity index is 234. The molecule has 0 heterocycles. The third-order valence-electron chi connectivity index (χ3n) is 3.47. The molecule has 4 atom stereocenters. The van der Waals surface area contributed by atoms with E-state index in [4.69, 9.17) is 5.11 Å². The summed E-state index contributed by atoms with van der Waals surface area (Å²) < 4.78 is 0. The Morgan fingerprint density at radius 3 is 2.08 bits per heavy atom. The van der Waals surface area contributed by atoms with Gasteiger partial charge in [0.25, 0.3) is 0 Å². The van der Waals surface area contributed by atoms with Crippen LogP contribution >= 0.6 is 0 Å². The maximum absolute atomic E-state index is 10.8. The highest BCUT2D eigenvalue weighted by molar-refractivity contribution is 5.80. The Labute approximate surface area is 75.6 Å². The van der Waals surface area contributed by atoms with Gasteiger partial charge in [0.2, 0.25) is 0 Å². The predicted octanol–water partition coefficient (Wildman–Crippen LogP) is -0.517. The summed E-state index contributed by atoms with van der Waals surface area (Å²) in [5.74, 6) is -3.46. The molecular weight excluding hydrogens is 172 g/mol. The summed E-state index contributed by atoms with van der Waals surface area (Å²) in [7, 11) is 0. The number of carboxylic acid groups (broad SMARTS) is 2. The Kier molecular flexibility index (Phi) is 1.78. The zero-order valence-corrected chi connectivity index (χ0v) is 7.10. The number of hydrogen-bond acceptors (Lipinski definition) is 3. The highest BCUT2D eigenvalue weighted by Gasteiger charge is 2.51. The van der Waals surface area contributed by atoms with Crippen molar-refractivity contribution >= 4 is 11.9 Å². The first-order valence-electron chi connectivity index (χ1n) is 4.55. The van der Waals surface area contributed by atoms with Gasteiger partial charge in [0.1, 0.15) is 0 Å². The normalized spacial score (nSPS) is 42.2. The fraction of sp³-hybridized carbons (Fsp3) is 0.778. The molecule has 0 spiro atoms. The number of rotatable bonds is 2. The van der Waals surface area contributed by atoms with E-state index in [2.05, 4.69) is 0 Å². The lowest BCUT2D eigenvalue weighted by Gasteiger charge is -2.28. The Morgan fingerprint density at radius 2 is 1.69 bits per heavy atom. The van der Waals surface area contributed by atoms with Gasteiger partial charge in [-0.25, -0.2) is 0 Å². The van der Waals surface area contributed by atoms with E-state index < -0.39 is 23.8 Å². The van der Waals surface area contributed by atoms with Crippen molar-refractivity contribution < 1.29 is 19.8 Å². The molecule has 0 amide bonds. The lowest BCUT2D eigenvalue weighted by Crippen LogP contribution is -2.42. The molecular formula is C9H11O4-. The van der Waals surface area contributed by atoms with Crippen molar-refractivity contribution in [3.8, 4) is 0 Å². The summed E-state index contributed by atoms with van der Waals surface area (Å²) in [5, 5.41) is 19.6. The second-order valence-electron chi connectivity index (χ2n) is 4.04. The summed E-state index contributed by atoms with van der Waals surface area (Å²) in [6.45, 7) is 0. The number of fused-ring (bicyclic) bond motifs is 2. The van der Waals surface area contributed by atoms with Crippen LogP contribution in [-0.4, -0.2) is 17.0 Å². The third-order valence-corrected chi connectivity index (χ3v) is 3.47. The third kappa shape index (κ3) is 1.12. The van der Waals surface area contributed by atoms with Gasteiger partial charge in [-0.2, -0.15) is 0 Å². The van der Waals surface area contributed by atoms with E-state index in [1.807, 2.05) is 0 Å². The van der Waals surface area contributed by atoms with Crippen LogP contribution in [0.5, 0.6) is 0 Å². The van der Waals surface area contributed by atoms with E-state index in [1.165, 1.54) is 0 Å². The molecule has 2 saturated carbocycles. The molecule has 0 radical (unpaired) electrons. The molecule has 4 nitrogen and oxygen atoms in total. The Balaban J connectivity index is 2.24. The minimum atomic E-state index is -1.18. The topological polar surface area (TPSA) is 77.4 Å². The molecule has 2 fully saturated rings. The first-order valence-corrected chi connectivity index (χ1v) is 4.55. The van der Waals surface area contributed by atoms with Crippen LogP contribution in [0.25, 0.3) is 0 Å². The molecule has 0 saturated heterocycles. The van der Waals surface area contributed by atoms with E-state index in [9.17, 15) is 14.7 Å². The zero-order valence-electron chi connectivity index (χ0n) is 7.10. The van der Waals surface area contributed by atoms with Crippen LogP contribution in [0.15, 0.2) is 0 Å². The van der Waals surface area contributed by atoms with Gasteiger partial charge in [-0.3, -0.25) is 4.79 Å². The molecule has 0 aromatic heterocycles. The maximum Gasteiger partial charge on any atom is 0.307 e. The predicted molar refractivity (Wildman–Crippen MR) is 40.5 cm³/mol. The van der Waals surface area contributed by atoms with E-state index in [0.29, 0.717) is 0 Å². The molecule has 0 aromatic rings. The van der Waals surface area contributed by atoms with Gasteiger partial charge in [-0.1, -0.05) is 0 Å². The number of carbonyl (C=O) groups is 2. The van der Waals surface area contributed by atoms with Crippen LogP contribution in [0.2, 0.25) is 0 Å². The molecule has 4 heteroatoms. The summed E-state index contributed by atoms with van der Waals surface area (Å²) in [6, 6.07) is 0. The molecule has 2 aliphatic carbocycles. The molecule has 1 N–H and O–H groups in total. The van der Waals surface area contributed by atoms with E-state index in [-0.39, 0.29) is 11.8 Å². The minimum absolute atomic E-state index is 0.0519. The molecule has 0 aromatic carbocycles. The minimum Gasteiger partial charge on any atom is -0.550 e. The van der Waals surface area contributed by atoms with Gasteiger partial charge >= 0.3 is 5.97 Å². The molecule has 2 rings (SSSR count). The first-order chi connectivity index (χ1) is 6.11. The fourth-order valence-electron chi connectivity index (χ4n) is 2.99. The van der Waals surface area contributed by atoms with Crippen LogP contribution in [-0.2, 0) is 9.59 Å². The van der Waals surface area contributed by atoms with Crippen molar-refractivity contribution in [2.45, 2.75) is 19.3 Å². The Hall–Kier alpha value is -1.06. The summed E-state index contributed by atoms with van der Waals surface area (Å²) >= 11 is 0. The van der Waals surface area contributed by atoms with Crippen molar-refractivity contribution in [3.05, 3.63) is 0 Å². The van der Waals surface area contributed by atoms with Crippen molar-refractivity contribution in [1.82, 2.24) is 0 Å². The smallest absolute Gasteiger partial charge is 0.307 e. The van der Waals surface area contributed by atoms with Gasteiger partial charge in [0, 0.05) is 11.9 Å². The maximum atomic E-state index is 10.8. The number of hydrogen-bond donors (Lipinski definition) is 1. The second kappa shape index (κ2) is 2.72. The number of carboxylic acids is 2. The van der Waals surface area contributed by atoms with Crippen molar-refractivity contribution in [2.75, 3.05) is 0 Å². The monoisotopic (exact) mass is 183 g/mol. The fourth-order valence-corrected chi connectivity index (χ4v) is 2.99. The lowest BCUT2D eigenvalue weighted by molar-refractivity contribution is -0.314. The average Bonchev–Trinajstić information content (AvgIpc) is 2.60. The van der Waals surface area contributed by atoms with Crippen LogP contribution in [0.3, 0.4) is 0 Å². The van der Waals surface area contributed by atoms with E-state index in [1.54, 1.807) is 0 Å². The molecule has 4 unspecified atom stereocenters. The molecule has 0 aliphatic heterocycles. The lowest BCUT2D eigenvalue weighted by atomic mass is 9.79. The van der Waals surface area contributed by atoms with Crippen molar-refractivity contribution in [3.63, 3.8) is 0 Å². The number of aliphatic carboxylic acids is 2. The molecule has 72 valence electrons. The van der Waals surface area contributed by atoms with Crippen LogP contribution < -0.4 is 5.11 Å². The summed E-state index contributed by atoms with van der Waals surface area (Å²) in [6.07, 6.45) is 2.48. The summed E-state index contributed by atoms with van der Waals surface area (Å²) in [5.41, 5.74) is 0. The van der Waals surface area contributed by atoms with Gasteiger partial charge in [0.05, 0.1) is 5.92 Å². The summed E-state index contributed by atoms with van der Waals surface area (Å²) in [4.78, 5) is 21.5. The van der Waals surface area contributed by atoms with Crippen LogP contribution in [0.1, 0.15) is 19.3 Å². The quantitative estimate of drug-likeness (QED) is 0.625. The van der Waals surface area contributed by atoms with Crippen molar-refractivity contribution in [2.24, 2.45) is 23.7 Å². The van der Waals surface area contributed by atoms with Crippen LogP contribution in [0, 0.1) is 23.7 Å². The Morgan fingerprint density at radius 1 is 1.15 bits per heavy atom. The standard InChI is InChI=1S/C9H12O4/c10-8(11)6-4-1-2-5(3-4)7(6)9(12)13/h4-7H,1-3H2,(H,10,11)(H,12,13)/p-1. The van der Waals surface area contributed by atoms with Crippen molar-refractivity contribution in [1.29, 1.82) is 0 Å². The highest BCUT2D eigenvalue weighted by atomic mass is 16.4. The molecule has 13 heavy (non-hydrogen) atoms. The van der Waals surface area contributed by atoms with Crippen LogP contribution in [0.4, 0.5) is 0 Å². The second-order valence-corrected chi connectivity index (χ2v) is 4.04. The molecule has 2 aliphatic rings. The molecule has 2 bridgehead atoms. The largest absolute Gasteiger partial charge is 0.550 e. The average molecular weight is 183 g/mol. The number of carbonyl (C=O) groups excluding carboxylic acids is 1. The van der Waals surface area contributed by atoms with E-state index in [0.717, 1.165) is 19.3 Å². The SMILES string of the molecule is O=C([O-])C1C2CCC(C2)C1C(=O)O. The highest BCUT2D eigenvalue weighted by Crippen LogP contribution is 2.52. The van der Waals surface area contributed by atoms with Gasteiger partial charge in [-0.05, 0) is 31.1 Å². The van der Waals surface area contributed by atoms with E-state index >= 15 is 0 Å².